The van der Waals surface area contributed by atoms with E-state index in [-0.39, 0.29) is 22.8 Å². The molecule has 1 aromatic carbocycles. The molecular weight excluding hydrogens is 409 g/mol. The summed E-state index contributed by atoms with van der Waals surface area (Å²) in [6.07, 6.45) is 1.91. The van der Waals surface area contributed by atoms with Crippen LogP contribution in [0.2, 0.25) is 0 Å². The van der Waals surface area contributed by atoms with Crippen molar-refractivity contribution in [2.45, 2.75) is 12.8 Å². The SMILES string of the molecule is CCN1CC=C2C(C#N)=C(N)C(C#N)(C#N)C(c3cc(Br)ccc3F)C2C1. The lowest BCUT2D eigenvalue weighted by Crippen LogP contribution is -2.48. The average Bonchev–Trinajstić information content (AvgIpc) is 2.69. The van der Waals surface area contributed by atoms with E-state index in [2.05, 4.69) is 26.9 Å². The molecule has 0 bridgehead atoms. The van der Waals surface area contributed by atoms with Gasteiger partial charge in [-0.1, -0.05) is 28.9 Å². The van der Waals surface area contributed by atoms with Crippen molar-refractivity contribution in [3.8, 4) is 18.2 Å². The molecule has 0 saturated heterocycles. The number of nitrogens with zero attached hydrogens (tertiary/aromatic N) is 4. The molecular formula is C20H17BrFN5. The molecule has 2 atom stereocenters. The van der Waals surface area contributed by atoms with Crippen LogP contribution < -0.4 is 5.73 Å². The van der Waals surface area contributed by atoms with Crippen LogP contribution in [0.25, 0.3) is 0 Å². The minimum atomic E-state index is -1.81. The molecule has 0 saturated carbocycles. The number of likely N-dealkylation sites (N-methyl/N-ethyl adjacent to an activating group) is 1. The zero-order valence-corrected chi connectivity index (χ0v) is 16.3. The van der Waals surface area contributed by atoms with Crippen LogP contribution in [0, 0.1) is 51.1 Å². The van der Waals surface area contributed by atoms with E-state index in [1.165, 1.54) is 6.07 Å². The first kappa shape index (κ1) is 19.1. The van der Waals surface area contributed by atoms with E-state index in [1.807, 2.05) is 25.1 Å². The molecule has 5 nitrogen and oxygen atoms in total. The van der Waals surface area contributed by atoms with Crippen LogP contribution in [0.4, 0.5) is 4.39 Å². The van der Waals surface area contributed by atoms with Crippen molar-refractivity contribution in [2.24, 2.45) is 17.1 Å². The van der Waals surface area contributed by atoms with Crippen LogP contribution >= 0.6 is 15.9 Å². The van der Waals surface area contributed by atoms with Crippen molar-refractivity contribution < 1.29 is 4.39 Å². The molecule has 0 spiro atoms. The molecule has 7 heteroatoms. The van der Waals surface area contributed by atoms with Gasteiger partial charge in [-0.15, -0.1) is 0 Å². The Morgan fingerprint density at radius 2 is 2.04 bits per heavy atom. The molecule has 1 aromatic rings. The standard InChI is InChI=1S/C20H17BrFN5/c1-2-27-6-5-13-15(8-23)19(26)20(10-24,11-25)18(16(13)9-27)14-7-12(21)3-4-17(14)22/h3-5,7,16,18H,2,6,9,26H2,1H3. The zero-order chi connectivity index (χ0) is 19.8. The summed E-state index contributed by atoms with van der Waals surface area (Å²) in [4.78, 5) is 2.13. The Balaban J connectivity index is 2.36. The Hall–Kier alpha value is -2.66. The number of nitriles is 3. The van der Waals surface area contributed by atoms with Crippen LogP contribution in [0.1, 0.15) is 18.4 Å². The lowest BCUT2D eigenvalue weighted by molar-refractivity contribution is 0.212. The van der Waals surface area contributed by atoms with Gasteiger partial charge in [0, 0.05) is 29.4 Å². The maximum atomic E-state index is 14.8. The summed E-state index contributed by atoms with van der Waals surface area (Å²) in [7, 11) is 0. The molecule has 136 valence electrons. The first-order valence-corrected chi connectivity index (χ1v) is 9.33. The number of benzene rings is 1. The first-order valence-electron chi connectivity index (χ1n) is 8.54. The van der Waals surface area contributed by atoms with E-state index < -0.39 is 17.2 Å². The molecule has 0 amide bonds. The van der Waals surface area contributed by atoms with E-state index in [0.717, 1.165) is 6.54 Å². The monoisotopic (exact) mass is 425 g/mol. The number of nitrogens with two attached hydrogens (primary N) is 1. The molecule has 3 rings (SSSR count). The fourth-order valence-corrected chi connectivity index (χ4v) is 4.47. The number of hydrogen-bond donors (Lipinski definition) is 1. The second kappa shape index (κ2) is 7.16. The molecule has 0 aromatic heterocycles. The first-order chi connectivity index (χ1) is 12.9. The predicted octanol–water partition coefficient (Wildman–Crippen LogP) is 3.33. The quantitative estimate of drug-likeness (QED) is 0.782. The van der Waals surface area contributed by atoms with Crippen molar-refractivity contribution in [3.63, 3.8) is 0 Å². The summed E-state index contributed by atoms with van der Waals surface area (Å²) in [6.45, 7) is 3.93. The highest BCUT2D eigenvalue weighted by Gasteiger charge is 2.55. The van der Waals surface area contributed by atoms with E-state index in [9.17, 15) is 20.2 Å². The van der Waals surface area contributed by atoms with Gasteiger partial charge in [0.05, 0.1) is 23.4 Å². The van der Waals surface area contributed by atoms with Gasteiger partial charge in [0.2, 0.25) is 0 Å². The third-order valence-electron chi connectivity index (χ3n) is 5.48. The summed E-state index contributed by atoms with van der Waals surface area (Å²) in [5.74, 6) is -1.70. The minimum Gasteiger partial charge on any atom is -0.399 e. The highest BCUT2D eigenvalue weighted by Crippen LogP contribution is 2.54. The lowest BCUT2D eigenvalue weighted by atomic mass is 9.58. The summed E-state index contributed by atoms with van der Waals surface area (Å²) in [5, 5.41) is 29.6. The highest BCUT2D eigenvalue weighted by atomic mass is 79.9. The predicted molar refractivity (Wildman–Crippen MR) is 101 cm³/mol. The van der Waals surface area contributed by atoms with Gasteiger partial charge in [-0.2, -0.15) is 15.8 Å². The van der Waals surface area contributed by atoms with Crippen molar-refractivity contribution in [2.75, 3.05) is 19.6 Å². The number of fused-ring (bicyclic) bond motifs is 1. The zero-order valence-electron chi connectivity index (χ0n) is 14.7. The normalized spacial score (nSPS) is 24.2. The van der Waals surface area contributed by atoms with Gasteiger partial charge >= 0.3 is 0 Å². The van der Waals surface area contributed by atoms with Gasteiger partial charge in [0.15, 0.2) is 5.41 Å². The molecule has 1 aliphatic heterocycles. The summed E-state index contributed by atoms with van der Waals surface area (Å²) >= 11 is 3.35. The number of hydrogen-bond acceptors (Lipinski definition) is 5. The van der Waals surface area contributed by atoms with Crippen LogP contribution in [0.15, 0.2) is 45.6 Å². The smallest absolute Gasteiger partial charge is 0.191 e. The van der Waals surface area contributed by atoms with E-state index in [1.54, 1.807) is 12.1 Å². The summed E-state index contributed by atoms with van der Waals surface area (Å²) < 4.78 is 15.5. The second-order valence-corrected chi connectivity index (χ2v) is 7.61. The summed E-state index contributed by atoms with van der Waals surface area (Å²) in [5.41, 5.74) is 5.42. The third kappa shape index (κ3) is 2.82. The van der Waals surface area contributed by atoms with Gasteiger partial charge in [0.1, 0.15) is 11.9 Å². The Bertz CT molecular complexity index is 962. The Morgan fingerprint density at radius 1 is 1.33 bits per heavy atom. The highest BCUT2D eigenvalue weighted by molar-refractivity contribution is 9.10. The van der Waals surface area contributed by atoms with Crippen LogP contribution in [0.3, 0.4) is 0 Å². The Labute approximate surface area is 165 Å². The van der Waals surface area contributed by atoms with E-state index in [4.69, 9.17) is 5.73 Å². The minimum absolute atomic E-state index is 0.0909. The van der Waals surface area contributed by atoms with Crippen molar-refractivity contribution in [3.05, 3.63) is 57.0 Å². The Morgan fingerprint density at radius 3 is 2.63 bits per heavy atom. The average molecular weight is 426 g/mol. The van der Waals surface area contributed by atoms with Gasteiger partial charge in [-0.05, 0) is 35.9 Å². The van der Waals surface area contributed by atoms with Crippen LogP contribution in [0.5, 0.6) is 0 Å². The molecule has 2 N–H and O–H groups in total. The maximum Gasteiger partial charge on any atom is 0.191 e. The van der Waals surface area contributed by atoms with Crippen LogP contribution in [-0.2, 0) is 0 Å². The van der Waals surface area contributed by atoms with Crippen LogP contribution in [-0.4, -0.2) is 24.5 Å². The number of halogens is 2. The summed E-state index contributed by atoms with van der Waals surface area (Å²) in [6, 6.07) is 10.6. The van der Waals surface area contributed by atoms with Gasteiger partial charge in [-0.3, -0.25) is 4.90 Å². The fraction of sp³-hybridized carbons (Fsp3) is 0.350. The van der Waals surface area contributed by atoms with E-state index in [0.29, 0.717) is 23.1 Å². The molecule has 2 unspecified atom stereocenters. The maximum absolute atomic E-state index is 14.8. The van der Waals surface area contributed by atoms with E-state index >= 15 is 0 Å². The molecule has 27 heavy (non-hydrogen) atoms. The largest absolute Gasteiger partial charge is 0.399 e. The molecule has 1 aliphatic carbocycles. The van der Waals surface area contributed by atoms with Gasteiger partial charge in [0.25, 0.3) is 0 Å². The number of allylic oxidation sites excluding steroid dienone is 2. The molecule has 0 fully saturated rings. The number of rotatable bonds is 2. The second-order valence-electron chi connectivity index (χ2n) is 6.69. The molecule has 0 radical (unpaired) electrons. The van der Waals surface area contributed by atoms with Crippen molar-refractivity contribution >= 4 is 15.9 Å². The van der Waals surface area contributed by atoms with Gasteiger partial charge in [-0.25, -0.2) is 4.39 Å². The molecule has 2 aliphatic rings. The topological polar surface area (TPSA) is 101 Å². The van der Waals surface area contributed by atoms with Crippen molar-refractivity contribution in [1.29, 1.82) is 15.8 Å². The Kier molecular flexibility index (Phi) is 5.07. The third-order valence-corrected chi connectivity index (χ3v) is 5.97. The van der Waals surface area contributed by atoms with Gasteiger partial charge < -0.3 is 5.73 Å². The lowest BCUT2D eigenvalue weighted by Gasteiger charge is -2.45. The fourth-order valence-electron chi connectivity index (χ4n) is 4.09. The van der Waals surface area contributed by atoms with Crippen molar-refractivity contribution in [1.82, 2.24) is 4.90 Å². The molecule has 1 heterocycles.